The van der Waals surface area contributed by atoms with Gasteiger partial charge >= 0.3 is 0 Å². The van der Waals surface area contributed by atoms with Crippen LogP contribution in [0.2, 0.25) is 0 Å². The van der Waals surface area contributed by atoms with Gasteiger partial charge in [-0.2, -0.15) is 0 Å². The molecule has 2 atom stereocenters. The van der Waals surface area contributed by atoms with Crippen molar-refractivity contribution in [3.05, 3.63) is 35.4 Å². The number of amides is 1. The molecule has 4 nitrogen and oxygen atoms in total. The zero-order valence-electron chi connectivity index (χ0n) is 12.6. The van der Waals surface area contributed by atoms with E-state index in [1.54, 1.807) is 0 Å². The molecule has 1 aliphatic carbocycles. The molecule has 0 unspecified atom stereocenters. The lowest BCUT2D eigenvalue weighted by Gasteiger charge is -2.20. The first-order valence-corrected chi connectivity index (χ1v) is 9.61. The zero-order chi connectivity index (χ0) is 16.6. The lowest BCUT2D eigenvalue weighted by atomic mass is 9.99. The summed E-state index contributed by atoms with van der Waals surface area (Å²) < 4.78 is 50.3. The van der Waals surface area contributed by atoms with Crippen molar-refractivity contribution < 1.29 is 22.0 Å². The fraction of sp³-hybridized carbons (Fsp3) is 0.562. The van der Waals surface area contributed by atoms with Crippen LogP contribution in [0.4, 0.5) is 8.78 Å². The van der Waals surface area contributed by atoms with Gasteiger partial charge in [0.25, 0.3) is 0 Å². The van der Waals surface area contributed by atoms with Gasteiger partial charge in [-0.15, -0.1) is 0 Å². The molecule has 126 valence electrons. The second-order valence-corrected chi connectivity index (χ2v) is 8.75. The minimum Gasteiger partial charge on any atom is -0.349 e. The topological polar surface area (TPSA) is 63.2 Å². The number of carbonyl (C=O) groups excluding carboxylic acids is 1. The highest BCUT2D eigenvalue weighted by Crippen LogP contribution is 2.42. The van der Waals surface area contributed by atoms with Gasteiger partial charge in [0.05, 0.1) is 17.5 Å². The van der Waals surface area contributed by atoms with Crippen LogP contribution in [-0.2, 0) is 14.6 Å². The molecule has 0 aromatic heterocycles. The molecule has 1 aromatic rings. The third kappa shape index (κ3) is 4.07. The Morgan fingerprint density at radius 1 is 1.26 bits per heavy atom. The minimum absolute atomic E-state index is 0.0306. The Balaban J connectivity index is 1.68. The molecule has 1 saturated heterocycles. The molecule has 1 aliphatic heterocycles. The zero-order valence-corrected chi connectivity index (χ0v) is 13.4. The number of nitrogens with one attached hydrogen (secondary N) is 1. The van der Waals surface area contributed by atoms with Crippen LogP contribution in [0.15, 0.2) is 18.2 Å². The maximum Gasteiger partial charge on any atom is 0.220 e. The Hall–Kier alpha value is -1.50. The molecule has 1 saturated carbocycles. The molecular weight excluding hydrogens is 324 g/mol. The van der Waals surface area contributed by atoms with E-state index < -0.39 is 27.5 Å². The molecular formula is C16H19F2NO3S. The van der Waals surface area contributed by atoms with Crippen LogP contribution in [0, 0.1) is 23.5 Å². The van der Waals surface area contributed by atoms with E-state index in [-0.39, 0.29) is 41.2 Å². The van der Waals surface area contributed by atoms with Gasteiger partial charge < -0.3 is 5.32 Å². The Kier molecular flexibility index (Phi) is 4.40. The molecule has 1 N–H and O–H groups in total. The highest BCUT2D eigenvalue weighted by molar-refractivity contribution is 7.91. The van der Waals surface area contributed by atoms with Crippen LogP contribution in [0.3, 0.4) is 0 Å². The molecule has 1 heterocycles. The molecule has 1 aromatic carbocycles. The Labute approximate surface area is 134 Å². The third-order valence-electron chi connectivity index (χ3n) is 4.50. The van der Waals surface area contributed by atoms with Gasteiger partial charge in [-0.05, 0) is 49.3 Å². The van der Waals surface area contributed by atoms with Gasteiger partial charge in [0.2, 0.25) is 5.91 Å². The third-order valence-corrected chi connectivity index (χ3v) is 6.34. The van der Waals surface area contributed by atoms with Gasteiger partial charge in [-0.3, -0.25) is 4.79 Å². The number of carbonyl (C=O) groups is 1. The van der Waals surface area contributed by atoms with Crippen molar-refractivity contribution in [1.82, 2.24) is 5.32 Å². The first-order chi connectivity index (χ1) is 10.8. The second-order valence-electron chi connectivity index (χ2n) is 6.52. The fourth-order valence-corrected chi connectivity index (χ4v) is 5.02. The van der Waals surface area contributed by atoms with Crippen molar-refractivity contribution in [3.63, 3.8) is 0 Å². The molecule has 23 heavy (non-hydrogen) atoms. The first kappa shape index (κ1) is 16.4. The number of hydrogen-bond acceptors (Lipinski definition) is 3. The lowest BCUT2D eigenvalue weighted by molar-refractivity contribution is -0.122. The average Bonchev–Trinajstić information content (AvgIpc) is 3.24. The number of benzene rings is 1. The van der Waals surface area contributed by atoms with E-state index in [0.29, 0.717) is 6.42 Å². The van der Waals surface area contributed by atoms with Crippen LogP contribution in [-0.4, -0.2) is 25.8 Å². The van der Waals surface area contributed by atoms with Crippen molar-refractivity contribution >= 4 is 15.7 Å². The summed E-state index contributed by atoms with van der Waals surface area (Å²) in [5.41, 5.74) is 0.167. The molecule has 0 spiro atoms. The number of hydrogen-bond donors (Lipinski definition) is 1. The van der Waals surface area contributed by atoms with Gasteiger partial charge in [-0.1, -0.05) is 0 Å². The highest BCUT2D eigenvalue weighted by atomic mass is 32.2. The van der Waals surface area contributed by atoms with E-state index in [9.17, 15) is 22.0 Å². The van der Waals surface area contributed by atoms with Crippen molar-refractivity contribution in [2.75, 3.05) is 11.5 Å². The molecule has 1 amide bonds. The van der Waals surface area contributed by atoms with Crippen molar-refractivity contribution in [2.45, 2.75) is 31.7 Å². The highest BCUT2D eigenvalue weighted by Gasteiger charge is 2.36. The summed E-state index contributed by atoms with van der Waals surface area (Å²) in [5.74, 6) is -1.29. The summed E-state index contributed by atoms with van der Waals surface area (Å²) in [6, 6.07) is 2.69. The lowest BCUT2D eigenvalue weighted by Crippen LogP contribution is -2.32. The van der Waals surface area contributed by atoms with Crippen molar-refractivity contribution in [1.29, 1.82) is 0 Å². The molecule has 2 aliphatic rings. The Morgan fingerprint density at radius 2 is 2.00 bits per heavy atom. The monoisotopic (exact) mass is 343 g/mol. The summed E-state index contributed by atoms with van der Waals surface area (Å²) in [4.78, 5) is 12.2. The van der Waals surface area contributed by atoms with Crippen LogP contribution < -0.4 is 5.32 Å². The molecule has 2 fully saturated rings. The summed E-state index contributed by atoms with van der Waals surface area (Å²) in [5, 5.41) is 2.78. The predicted molar refractivity (Wildman–Crippen MR) is 81.3 cm³/mol. The van der Waals surface area contributed by atoms with E-state index in [1.165, 1.54) is 0 Å². The van der Waals surface area contributed by atoms with E-state index in [0.717, 1.165) is 31.0 Å². The van der Waals surface area contributed by atoms with Gasteiger partial charge in [0.1, 0.15) is 11.6 Å². The van der Waals surface area contributed by atoms with E-state index >= 15 is 0 Å². The van der Waals surface area contributed by atoms with Crippen molar-refractivity contribution in [3.8, 4) is 0 Å². The van der Waals surface area contributed by atoms with E-state index in [1.807, 2.05) is 0 Å². The maximum absolute atomic E-state index is 14.0. The van der Waals surface area contributed by atoms with Crippen LogP contribution in [0.1, 0.15) is 37.3 Å². The first-order valence-electron chi connectivity index (χ1n) is 7.79. The fourth-order valence-electron chi connectivity index (χ4n) is 3.16. The maximum atomic E-state index is 14.0. The Morgan fingerprint density at radius 3 is 2.61 bits per heavy atom. The largest absolute Gasteiger partial charge is 0.349 e. The normalized spacial score (nSPS) is 24.3. The van der Waals surface area contributed by atoms with Crippen LogP contribution in [0.25, 0.3) is 0 Å². The standard InChI is InChI=1S/C16H19F2NO3S/c17-12-3-4-14(18)13(8-12)16(11-1-2-11)19-15(20)7-10-5-6-23(21,22)9-10/h3-4,8,10-11,16H,1-2,5-7,9H2,(H,19,20)/t10-,16+/m0/s1. The molecule has 7 heteroatoms. The quantitative estimate of drug-likeness (QED) is 0.893. The van der Waals surface area contributed by atoms with Gasteiger partial charge in [-0.25, -0.2) is 17.2 Å². The summed E-state index contributed by atoms with van der Waals surface area (Å²) in [6.45, 7) is 0. The van der Waals surface area contributed by atoms with Gasteiger partial charge in [0.15, 0.2) is 9.84 Å². The van der Waals surface area contributed by atoms with E-state index in [2.05, 4.69) is 5.32 Å². The molecule has 3 rings (SSSR count). The smallest absolute Gasteiger partial charge is 0.220 e. The molecule has 0 radical (unpaired) electrons. The van der Waals surface area contributed by atoms with Crippen LogP contribution in [0.5, 0.6) is 0 Å². The summed E-state index contributed by atoms with van der Waals surface area (Å²) in [7, 11) is -3.03. The number of rotatable bonds is 5. The van der Waals surface area contributed by atoms with Crippen molar-refractivity contribution in [2.24, 2.45) is 11.8 Å². The SMILES string of the molecule is O=C(C[C@@H]1CCS(=O)(=O)C1)N[C@@H](c1cc(F)ccc1F)C1CC1. The molecule has 0 bridgehead atoms. The predicted octanol–water partition coefficient (Wildman–Crippen LogP) is 2.36. The second kappa shape index (κ2) is 6.19. The van der Waals surface area contributed by atoms with Gasteiger partial charge in [0, 0.05) is 12.0 Å². The average molecular weight is 343 g/mol. The summed E-state index contributed by atoms with van der Waals surface area (Å²) >= 11 is 0. The number of halogens is 2. The Bertz CT molecular complexity index is 716. The van der Waals surface area contributed by atoms with Crippen LogP contribution >= 0.6 is 0 Å². The minimum atomic E-state index is -3.03. The number of sulfone groups is 1. The summed E-state index contributed by atoms with van der Waals surface area (Å²) in [6.07, 6.45) is 2.31. The van der Waals surface area contributed by atoms with E-state index in [4.69, 9.17) is 0 Å².